The molecule has 0 aliphatic heterocycles. The third kappa shape index (κ3) is 5.01. The van der Waals surface area contributed by atoms with Gasteiger partial charge in [-0.1, -0.05) is 42.5 Å². The maximum absolute atomic E-state index is 14.6. The van der Waals surface area contributed by atoms with Gasteiger partial charge in [-0.15, -0.1) is 0 Å². The number of sulfonamides is 1. The summed E-state index contributed by atoms with van der Waals surface area (Å²) in [4.78, 5) is 25.8. The van der Waals surface area contributed by atoms with Crippen molar-refractivity contribution in [2.45, 2.75) is 26.8 Å². The molecule has 7 nitrogen and oxygen atoms in total. The van der Waals surface area contributed by atoms with E-state index in [4.69, 9.17) is 4.42 Å². The summed E-state index contributed by atoms with van der Waals surface area (Å²) in [6.45, 7) is 5.35. The summed E-state index contributed by atoms with van der Waals surface area (Å²) in [7, 11) is -3.90. The van der Waals surface area contributed by atoms with Crippen LogP contribution in [0, 0.1) is 19.7 Å². The summed E-state index contributed by atoms with van der Waals surface area (Å²) in [5.74, 6) is -1.52. The molecule has 1 atom stereocenters. The van der Waals surface area contributed by atoms with Crippen LogP contribution in [0.25, 0.3) is 22.3 Å². The molecule has 1 heterocycles. The highest BCUT2D eigenvalue weighted by molar-refractivity contribution is 7.89. The molecular formula is C27H25FN2O5S. The first-order chi connectivity index (χ1) is 17.0. The van der Waals surface area contributed by atoms with Crippen molar-refractivity contribution in [1.82, 2.24) is 4.72 Å². The van der Waals surface area contributed by atoms with Crippen LogP contribution in [0.1, 0.15) is 40.0 Å². The quantitative estimate of drug-likeness (QED) is 0.376. The molecule has 0 bridgehead atoms. The lowest BCUT2D eigenvalue weighted by atomic mass is 9.98. The Balaban J connectivity index is 1.84. The Kier molecular flexibility index (Phi) is 6.69. The zero-order valence-corrected chi connectivity index (χ0v) is 21.0. The van der Waals surface area contributed by atoms with Crippen LogP contribution in [0.2, 0.25) is 0 Å². The molecule has 2 N–H and O–H groups in total. The highest BCUT2D eigenvalue weighted by atomic mass is 32.2. The molecule has 3 aromatic carbocycles. The second-order valence-corrected chi connectivity index (χ2v) is 10.5. The van der Waals surface area contributed by atoms with E-state index in [1.54, 1.807) is 24.6 Å². The fraction of sp³-hybridized carbons (Fsp3) is 0.185. The largest absolute Gasteiger partial charge is 0.455 e. The van der Waals surface area contributed by atoms with Crippen LogP contribution < -0.4 is 15.5 Å². The van der Waals surface area contributed by atoms with Gasteiger partial charge in [-0.2, -0.15) is 0 Å². The van der Waals surface area contributed by atoms with Gasteiger partial charge in [-0.05, 0) is 44.5 Å². The smallest absolute Gasteiger partial charge is 0.269 e. The lowest BCUT2D eigenvalue weighted by Crippen LogP contribution is -2.31. The van der Waals surface area contributed by atoms with Crippen molar-refractivity contribution < 1.29 is 22.0 Å². The lowest BCUT2D eigenvalue weighted by Gasteiger charge is -2.20. The second-order valence-electron chi connectivity index (χ2n) is 8.71. The van der Waals surface area contributed by atoms with Crippen LogP contribution in [0.5, 0.6) is 0 Å². The average molecular weight is 509 g/mol. The fourth-order valence-corrected chi connectivity index (χ4v) is 4.60. The Morgan fingerprint density at radius 1 is 1.03 bits per heavy atom. The first kappa shape index (κ1) is 25.1. The molecule has 0 aliphatic rings. The third-order valence-electron chi connectivity index (χ3n) is 5.79. The summed E-state index contributed by atoms with van der Waals surface area (Å²) in [6, 6.07) is 16.3. The molecule has 1 aromatic heterocycles. The summed E-state index contributed by atoms with van der Waals surface area (Å²) in [5.41, 5.74) is 2.55. The minimum atomic E-state index is -3.90. The summed E-state index contributed by atoms with van der Waals surface area (Å²) < 4.78 is 45.8. The Hall–Kier alpha value is -3.98. The Morgan fingerprint density at radius 2 is 1.72 bits per heavy atom. The topological polar surface area (TPSA) is 105 Å². The van der Waals surface area contributed by atoms with Crippen LogP contribution in [0.4, 0.5) is 10.1 Å². The zero-order valence-electron chi connectivity index (χ0n) is 20.2. The predicted molar refractivity (Wildman–Crippen MR) is 138 cm³/mol. The van der Waals surface area contributed by atoms with Gasteiger partial charge < -0.3 is 9.73 Å². The van der Waals surface area contributed by atoms with Gasteiger partial charge in [0.1, 0.15) is 17.2 Å². The van der Waals surface area contributed by atoms with Crippen molar-refractivity contribution >= 4 is 32.6 Å². The second kappa shape index (κ2) is 9.58. The lowest BCUT2D eigenvalue weighted by molar-refractivity contribution is 0.0978. The number of carbonyl (C=O) groups excluding carboxylic acids is 1. The average Bonchev–Trinajstić information content (AvgIpc) is 2.80. The number of halogens is 1. The number of fused-ring (bicyclic) bond motifs is 1. The molecule has 0 radical (unpaired) electrons. The monoisotopic (exact) mass is 508 g/mol. The van der Waals surface area contributed by atoms with Crippen LogP contribution in [0.15, 0.2) is 69.9 Å². The van der Waals surface area contributed by atoms with Crippen LogP contribution in [-0.2, 0) is 10.0 Å². The summed E-state index contributed by atoms with van der Waals surface area (Å²) in [5, 5.41) is 3.50. The molecule has 0 spiro atoms. The van der Waals surface area contributed by atoms with Gasteiger partial charge in [0, 0.05) is 16.7 Å². The van der Waals surface area contributed by atoms with Crippen LogP contribution >= 0.6 is 0 Å². The van der Waals surface area contributed by atoms with Gasteiger partial charge in [0.25, 0.3) is 5.91 Å². The first-order valence-corrected chi connectivity index (χ1v) is 13.1. The minimum Gasteiger partial charge on any atom is -0.455 e. The van der Waals surface area contributed by atoms with Gasteiger partial charge in [0.05, 0.1) is 28.9 Å². The maximum Gasteiger partial charge on any atom is 0.269 e. The van der Waals surface area contributed by atoms with Crippen LogP contribution in [-0.4, -0.2) is 20.6 Å². The molecule has 0 aliphatic carbocycles. The predicted octanol–water partition coefficient (Wildman–Crippen LogP) is 5.08. The Morgan fingerprint density at radius 3 is 2.39 bits per heavy atom. The minimum absolute atomic E-state index is 0.0936. The number of aryl methyl sites for hydroxylation is 1. The van der Waals surface area contributed by atoms with E-state index in [-0.39, 0.29) is 11.1 Å². The standard InChI is InChI=1S/C27H25FN2O5S/c1-15-13-19(17(3)29-22-12-8-11-21(28)23(22)27(32)30-36(4,33)34)26-20(14-15)24(31)16(2)25(35-26)18-9-6-5-7-10-18/h5-14,17,29H,1-4H3,(H,30,32). The number of amides is 1. The molecule has 9 heteroatoms. The van der Waals surface area contributed by atoms with E-state index in [9.17, 15) is 22.4 Å². The van der Waals surface area contributed by atoms with Gasteiger partial charge in [0.15, 0.2) is 5.43 Å². The van der Waals surface area contributed by atoms with E-state index < -0.39 is 33.4 Å². The van der Waals surface area contributed by atoms with Crippen molar-refractivity contribution in [2.75, 3.05) is 11.6 Å². The number of hydrogen-bond donors (Lipinski definition) is 2. The van der Waals surface area contributed by atoms with Gasteiger partial charge in [-0.25, -0.2) is 17.5 Å². The van der Waals surface area contributed by atoms with Gasteiger partial charge >= 0.3 is 0 Å². The molecule has 4 aromatic rings. The van der Waals surface area contributed by atoms with Crippen molar-refractivity contribution in [3.05, 3.63) is 99.0 Å². The molecule has 1 amide bonds. The number of hydrogen-bond acceptors (Lipinski definition) is 6. The Bertz CT molecular complexity index is 1650. The number of rotatable bonds is 6. The highest BCUT2D eigenvalue weighted by Crippen LogP contribution is 2.33. The van der Waals surface area contributed by atoms with E-state index in [2.05, 4.69) is 5.32 Å². The van der Waals surface area contributed by atoms with E-state index in [1.807, 2.05) is 43.3 Å². The van der Waals surface area contributed by atoms with Crippen molar-refractivity contribution in [3.8, 4) is 11.3 Å². The first-order valence-electron chi connectivity index (χ1n) is 11.2. The molecule has 0 saturated heterocycles. The third-order valence-corrected chi connectivity index (χ3v) is 6.34. The molecule has 0 saturated carbocycles. The zero-order chi connectivity index (χ0) is 26.2. The van der Waals surface area contributed by atoms with Crippen molar-refractivity contribution in [1.29, 1.82) is 0 Å². The van der Waals surface area contributed by atoms with Crippen molar-refractivity contribution in [2.24, 2.45) is 0 Å². The SMILES string of the molecule is Cc1cc(C(C)Nc2cccc(F)c2C(=O)NS(C)(=O)=O)c2oc(-c3ccccc3)c(C)c(=O)c2c1. The van der Waals surface area contributed by atoms with Crippen LogP contribution in [0.3, 0.4) is 0 Å². The van der Waals surface area contributed by atoms with E-state index in [1.165, 1.54) is 12.1 Å². The summed E-state index contributed by atoms with van der Waals surface area (Å²) in [6.07, 6.45) is 0.814. The molecule has 186 valence electrons. The number of benzene rings is 3. The van der Waals surface area contributed by atoms with E-state index >= 15 is 0 Å². The molecule has 4 rings (SSSR count). The number of anilines is 1. The van der Waals surface area contributed by atoms with E-state index in [0.717, 1.165) is 23.4 Å². The number of nitrogens with one attached hydrogen (secondary N) is 2. The normalized spacial score (nSPS) is 12.4. The molecule has 1 unspecified atom stereocenters. The van der Waals surface area contributed by atoms with Gasteiger partial charge in [-0.3, -0.25) is 9.59 Å². The summed E-state index contributed by atoms with van der Waals surface area (Å²) >= 11 is 0. The van der Waals surface area contributed by atoms with Crippen molar-refractivity contribution in [3.63, 3.8) is 0 Å². The number of carbonyl (C=O) groups is 1. The highest BCUT2D eigenvalue weighted by Gasteiger charge is 2.23. The molecular weight excluding hydrogens is 483 g/mol. The molecule has 36 heavy (non-hydrogen) atoms. The van der Waals surface area contributed by atoms with E-state index in [0.29, 0.717) is 27.9 Å². The Labute approximate surface area is 208 Å². The maximum atomic E-state index is 14.6. The van der Waals surface area contributed by atoms with Gasteiger partial charge in [0.2, 0.25) is 10.0 Å². The fourth-order valence-electron chi connectivity index (χ4n) is 4.16. The molecule has 0 fully saturated rings.